The largest absolute Gasteiger partial charge is 0.349 e. The predicted octanol–water partition coefficient (Wildman–Crippen LogP) is 6.05. The third kappa shape index (κ3) is 4.16. The zero-order chi connectivity index (χ0) is 23.1. The second kappa shape index (κ2) is 8.69. The van der Waals surface area contributed by atoms with E-state index in [1.807, 2.05) is 12.1 Å². The lowest BCUT2D eigenvalue weighted by Gasteiger charge is -2.25. The summed E-state index contributed by atoms with van der Waals surface area (Å²) in [6.07, 6.45) is 2.45. The minimum absolute atomic E-state index is 0.0261. The third-order valence-electron chi connectivity index (χ3n) is 6.10. The van der Waals surface area contributed by atoms with Crippen LogP contribution in [0, 0.1) is 5.82 Å². The highest BCUT2D eigenvalue weighted by Crippen LogP contribution is 2.33. The predicted molar refractivity (Wildman–Crippen MR) is 130 cm³/mol. The van der Waals surface area contributed by atoms with Gasteiger partial charge in [-0.3, -0.25) is 4.79 Å². The van der Waals surface area contributed by atoms with Crippen molar-refractivity contribution in [1.29, 1.82) is 0 Å². The molecule has 1 amide bonds. The highest BCUT2D eigenvalue weighted by atomic mass is 35.5. The van der Waals surface area contributed by atoms with Crippen LogP contribution >= 0.6 is 23.2 Å². The van der Waals surface area contributed by atoms with Gasteiger partial charge in [-0.15, -0.1) is 0 Å². The van der Waals surface area contributed by atoms with Gasteiger partial charge in [0, 0.05) is 19.2 Å². The molecule has 1 heterocycles. The van der Waals surface area contributed by atoms with Crippen molar-refractivity contribution in [2.24, 2.45) is 7.05 Å². The number of nitrogens with zero attached hydrogens (tertiary/aromatic N) is 2. The highest BCUT2D eigenvalue weighted by Gasteiger charge is 2.23. The van der Waals surface area contributed by atoms with Gasteiger partial charge < -0.3 is 15.2 Å². The average Bonchev–Trinajstić information content (AvgIpc) is 3.10. The Hall–Kier alpha value is -3.09. The van der Waals surface area contributed by atoms with E-state index in [9.17, 15) is 9.18 Å². The van der Waals surface area contributed by atoms with Gasteiger partial charge in [-0.2, -0.15) is 0 Å². The molecule has 3 aromatic carbocycles. The number of benzene rings is 3. The van der Waals surface area contributed by atoms with Crippen LogP contribution in [0.2, 0.25) is 10.0 Å². The standard InChI is InChI=1S/C25H21Cl2FN4O/c1-32-22-13-20(28)17(24(33)29-16-10-9-14-5-2-3-6-15(14)11-16)12-21(22)30-25(32)31-23-18(26)7-4-8-19(23)27/h2-8,12-13,16H,9-11H2,1H3,(H,29,33)(H,30,31). The van der Waals surface area contributed by atoms with Crippen LogP contribution in [-0.4, -0.2) is 21.5 Å². The van der Waals surface area contributed by atoms with Gasteiger partial charge in [0.2, 0.25) is 5.95 Å². The SMILES string of the molecule is Cn1c(Nc2c(Cl)cccc2Cl)nc2cc(C(=O)NC3CCc4ccccc4C3)c(F)cc21. The van der Waals surface area contributed by atoms with E-state index in [-0.39, 0.29) is 11.6 Å². The summed E-state index contributed by atoms with van der Waals surface area (Å²) in [5.74, 6) is -0.601. The first-order chi connectivity index (χ1) is 15.9. The molecule has 1 atom stereocenters. The van der Waals surface area contributed by atoms with Gasteiger partial charge in [-0.25, -0.2) is 9.37 Å². The van der Waals surface area contributed by atoms with Gasteiger partial charge in [-0.05, 0) is 48.6 Å². The van der Waals surface area contributed by atoms with Crippen molar-refractivity contribution in [1.82, 2.24) is 14.9 Å². The highest BCUT2D eigenvalue weighted by molar-refractivity contribution is 6.39. The van der Waals surface area contributed by atoms with E-state index >= 15 is 0 Å². The van der Waals surface area contributed by atoms with Crippen molar-refractivity contribution in [3.8, 4) is 0 Å². The van der Waals surface area contributed by atoms with E-state index in [0.29, 0.717) is 32.7 Å². The smallest absolute Gasteiger partial charge is 0.254 e. The van der Waals surface area contributed by atoms with Crippen molar-refractivity contribution in [2.45, 2.75) is 25.3 Å². The minimum Gasteiger partial charge on any atom is -0.349 e. The Bertz CT molecular complexity index is 1360. The number of rotatable bonds is 4. The summed E-state index contributed by atoms with van der Waals surface area (Å²) in [5, 5.41) is 6.98. The molecular formula is C25H21Cl2FN4O. The van der Waals surface area contributed by atoms with Crippen molar-refractivity contribution in [3.05, 3.63) is 87.2 Å². The second-order valence-corrected chi connectivity index (χ2v) is 9.03. The maximum atomic E-state index is 14.9. The zero-order valence-corrected chi connectivity index (χ0v) is 19.3. The summed E-state index contributed by atoms with van der Waals surface area (Å²) in [4.78, 5) is 17.5. The molecule has 0 saturated heterocycles. The Morgan fingerprint density at radius 1 is 1.09 bits per heavy atom. The Balaban J connectivity index is 1.40. The number of aromatic nitrogens is 2. The van der Waals surface area contributed by atoms with Crippen molar-refractivity contribution < 1.29 is 9.18 Å². The Morgan fingerprint density at radius 2 is 1.82 bits per heavy atom. The maximum absolute atomic E-state index is 14.9. The van der Waals surface area contributed by atoms with Gasteiger partial charge in [0.15, 0.2) is 0 Å². The number of halogens is 3. The molecule has 1 unspecified atom stereocenters. The number of imidazole rings is 1. The summed E-state index contributed by atoms with van der Waals surface area (Å²) in [5.41, 5.74) is 4.05. The summed E-state index contributed by atoms with van der Waals surface area (Å²) in [6, 6.07) is 16.2. The number of para-hydroxylation sites is 1. The van der Waals surface area contributed by atoms with Crippen LogP contribution in [0.25, 0.3) is 11.0 Å². The maximum Gasteiger partial charge on any atom is 0.254 e. The molecule has 2 N–H and O–H groups in total. The number of anilines is 2. The zero-order valence-electron chi connectivity index (χ0n) is 17.8. The van der Waals surface area contributed by atoms with Crippen molar-refractivity contribution in [2.75, 3.05) is 5.32 Å². The normalized spacial score (nSPS) is 15.3. The fourth-order valence-corrected chi connectivity index (χ4v) is 4.80. The Labute approximate surface area is 200 Å². The number of carbonyl (C=O) groups is 1. The molecule has 33 heavy (non-hydrogen) atoms. The average molecular weight is 483 g/mol. The monoisotopic (exact) mass is 482 g/mol. The summed E-state index contributed by atoms with van der Waals surface area (Å²) < 4.78 is 16.6. The van der Waals surface area contributed by atoms with Crippen molar-refractivity contribution >= 4 is 51.8 Å². The molecule has 0 spiro atoms. The second-order valence-electron chi connectivity index (χ2n) is 8.22. The Kier molecular flexibility index (Phi) is 5.72. The number of fused-ring (bicyclic) bond motifs is 2. The number of amides is 1. The number of aryl methyl sites for hydroxylation is 2. The van der Waals surface area contributed by atoms with Crippen LogP contribution < -0.4 is 10.6 Å². The molecule has 1 aliphatic carbocycles. The quantitative estimate of drug-likeness (QED) is 0.372. The lowest BCUT2D eigenvalue weighted by Crippen LogP contribution is -2.39. The number of hydrogen-bond acceptors (Lipinski definition) is 3. The molecule has 0 bridgehead atoms. The van der Waals surface area contributed by atoms with Crippen LogP contribution in [0.15, 0.2) is 54.6 Å². The molecule has 0 radical (unpaired) electrons. The van der Waals surface area contributed by atoms with E-state index < -0.39 is 11.7 Å². The van der Waals surface area contributed by atoms with Crippen molar-refractivity contribution in [3.63, 3.8) is 0 Å². The molecule has 8 heteroatoms. The number of nitrogens with one attached hydrogen (secondary N) is 2. The van der Waals surface area contributed by atoms with Gasteiger partial charge in [0.05, 0.1) is 32.3 Å². The summed E-state index contributed by atoms with van der Waals surface area (Å²) >= 11 is 12.5. The van der Waals surface area contributed by atoms with Crippen LogP contribution in [0.5, 0.6) is 0 Å². The molecule has 4 aromatic rings. The lowest BCUT2D eigenvalue weighted by molar-refractivity contribution is 0.0929. The van der Waals surface area contributed by atoms with E-state index in [0.717, 1.165) is 19.3 Å². The first kappa shape index (κ1) is 21.7. The van der Waals surface area contributed by atoms with Gasteiger partial charge in [-0.1, -0.05) is 53.5 Å². The van der Waals surface area contributed by atoms with E-state index in [4.69, 9.17) is 23.2 Å². The summed E-state index contributed by atoms with van der Waals surface area (Å²) in [7, 11) is 1.75. The van der Waals surface area contributed by atoms with E-state index in [2.05, 4.69) is 27.8 Å². The molecule has 0 fully saturated rings. The van der Waals surface area contributed by atoms with Crippen LogP contribution in [0.1, 0.15) is 27.9 Å². The molecule has 1 aliphatic rings. The molecule has 5 nitrogen and oxygen atoms in total. The number of hydrogen-bond donors (Lipinski definition) is 2. The third-order valence-corrected chi connectivity index (χ3v) is 6.73. The fourth-order valence-electron chi connectivity index (χ4n) is 4.31. The lowest BCUT2D eigenvalue weighted by atomic mass is 9.88. The van der Waals surface area contributed by atoms with Crippen LogP contribution in [-0.2, 0) is 19.9 Å². The summed E-state index contributed by atoms with van der Waals surface area (Å²) in [6.45, 7) is 0. The first-order valence-electron chi connectivity index (χ1n) is 10.7. The number of carbonyl (C=O) groups excluding carboxylic acids is 1. The first-order valence-corrected chi connectivity index (χ1v) is 11.4. The fraction of sp³-hybridized carbons (Fsp3) is 0.200. The minimum atomic E-state index is -0.596. The van der Waals surface area contributed by atoms with E-state index in [1.54, 1.807) is 29.8 Å². The van der Waals surface area contributed by atoms with Crippen LogP contribution in [0.4, 0.5) is 16.0 Å². The molecule has 168 valence electrons. The van der Waals surface area contributed by atoms with Crippen LogP contribution in [0.3, 0.4) is 0 Å². The molecule has 0 aliphatic heterocycles. The molecule has 1 aromatic heterocycles. The van der Waals surface area contributed by atoms with Gasteiger partial charge in [0.1, 0.15) is 5.82 Å². The van der Waals surface area contributed by atoms with E-state index in [1.165, 1.54) is 23.3 Å². The van der Waals surface area contributed by atoms with Gasteiger partial charge >= 0.3 is 0 Å². The topological polar surface area (TPSA) is 59.0 Å². The Morgan fingerprint density at radius 3 is 2.58 bits per heavy atom. The molecule has 5 rings (SSSR count). The molecular weight excluding hydrogens is 462 g/mol. The van der Waals surface area contributed by atoms with Gasteiger partial charge in [0.25, 0.3) is 5.91 Å². The molecule has 0 saturated carbocycles.